The number of carbonyl (C=O) groups is 1. The van der Waals surface area contributed by atoms with Crippen LogP contribution in [0.5, 0.6) is 17.2 Å². The number of carbonyl (C=O) groups excluding carboxylic acids is 1. The minimum absolute atomic E-state index is 0.126. The number of nitrogens with zero attached hydrogens (tertiary/aromatic N) is 1. The molecule has 0 aliphatic carbocycles. The van der Waals surface area contributed by atoms with Crippen molar-refractivity contribution >= 4 is 11.5 Å². The number of pyridine rings is 1. The van der Waals surface area contributed by atoms with Gasteiger partial charge in [0.05, 0.1) is 12.7 Å². The number of aryl methyl sites for hydroxylation is 1. The Balaban J connectivity index is 1.59. The first-order valence-electron chi connectivity index (χ1n) is 11.7. The van der Waals surface area contributed by atoms with E-state index < -0.39 is 11.8 Å². The molecule has 0 bridgehead atoms. The predicted octanol–water partition coefficient (Wildman–Crippen LogP) is 4.56. The Bertz CT molecular complexity index is 1270. The van der Waals surface area contributed by atoms with Crippen LogP contribution in [-0.2, 0) is 28.2 Å². The van der Waals surface area contributed by atoms with Gasteiger partial charge in [-0.25, -0.2) is 4.79 Å². The van der Waals surface area contributed by atoms with Crippen molar-refractivity contribution in [3.8, 4) is 17.2 Å². The molecule has 7 nitrogen and oxygen atoms in total. The van der Waals surface area contributed by atoms with Crippen LogP contribution in [0.15, 0.2) is 66.4 Å². The van der Waals surface area contributed by atoms with E-state index in [-0.39, 0.29) is 13.2 Å². The number of benzene rings is 2. The molecule has 0 saturated carbocycles. The first kappa shape index (κ1) is 22.9. The summed E-state index contributed by atoms with van der Waals surface area (Å²) in [5.41, 5.74) is 3.65. The molecule has 0 radical (unpaired) electrons. The first-order valence-corrected chi connectivity index (χ1v) is 11.7. The number of hydrogen-bond donors (Lipinski definition) is 1. The van der Waals surface area contributed by atoms with Crippen LogP contribution in [0.4, 0.5) is 0 Å². The van der Waals surface area contributed by atoms with E-state index in [4.69, 9.17) is 18.9 Å². The minimum Gasteiger partial charge on any atom is -0.497 e. The van der Waals surface area contributed by atoms with E-state index in [1.165, 1.54) is 0 Å². The van der Waals surface area contributed by atoms with E-state index in [9.17, 15) is 9.90 Å². The van der Waals surface area contributed by atoms with Crippen LogP contribution in [0, 0.1) is 0 Å². The number of cyclic esters (lactones) is 1. The molecular formula is C28H27NO6. The van der Waals surface area contributed by atoms with E-state index in [2.05, 4.69) is 11.9 Å². The molecule has 0 saturated heterocycles. The lowest BCUT2D eigenvalue weighted by Gasteiger charge is -2.26. The SMILES string of the molecule is CCCCc1ccc(CC2=C(c3ccc4c(c3)OCO4)C(=O)OC2(O)c2ccc(OC)cc2)cn1. The fraction of sp³-hybridized carbons (Fsp3) is 0.286. The molecule has 2 aromatic carbocycles. The molecule has 0 amide bonds. The van der Waals surface area contributed by atoms with Crippen molar-refractivity contribution in [1.29, 1.82) is 0 Å². The van der Waals surface area contributed by atoms with Crippen molar-refractivity contribution in [2.75, 3.05) is 13.9 Å². The van der Waals surface area contributed by atoms with Crippen molar-refractivity contribution in [2.45, 2.75) is 38.4 Å². The first-order chi connectivity index (χ1) is 17.0. The average Bonchev–Trinajstić information content (AvgIpc) is 3.45. The molecule has 35 heavy (non-hydrogen) atoms. The molecule has 1 unspecified atom stereocenters. The zero-order valence-electron chi connectivity index (χ0n) is 19.7. The van der Waals surface area contributed by atoms with Crippen molar-refractivity contribution in [3.63, 3.8) is 0 Å². The quantitative estimate of drug-likeness (QED) is 0.480. The van der Waals surface area contributed by atoms with E-state index in [1.807, 2.05) is 12.1 Å². The largest absolute Gasteiger partial charge is 0.497 e. The number of aromatic nitrogens is 1. The lowest BCUT2D eigenvalue weighted by atomic mass is 9.88. The van der Waals surface area contributed by atoms with Crippen LogP contribution >= 0.6 is 0 Å². The van der Waals surface area contributed by atoms with Gasteiger partial charge in [-0.3, -0.25) is 4.98 Å². The maximum absolute atomic E-state index is 13.2. The average molecular weight is 474 g/mol. The normalized spacial score (nSPS) is 18.7. The summed E-state index contributed by atoms with van der Waals surface area (Å²) in [6, 6.07) is 16.1. The maximum Gasteiger partial charge on any atom is 0.342 e. The minimum atomic E-state index is -1.93. The molecule has 5 rings (SSSR count). The summed E-state index contributed by atoms with van der Waals surface area (Å²) in [6.07, 6.45) is 5.17. The van der Waals surface area contributed by atoms with Gasteiger partial charge in [-0.05, 0) is 66.4 Å². The molecule has 7 heteroatoms. The lowest BCUT2D eigenvalue weighted by molar-refractivity contribution is -0.185. The fourth-order valence-electron chi connectivity index (χ4n) is 4.41. The summed E-state index contributed by atoms with van der Waals surface area (Å²) >= 11 is 0. The van der Waals surface area contributed by atoms with E-state index in [0.717, 1.165) is 30.5 Å². The van der Waals surface area contributed by atoms with Gasteiger partial charge < -0.3 is 24.1 Å². The zero-order valence-corrected chi connectivity index (χ0v) is 19.7. The van der Waals surface area contributed by atoms with Gasteiger partial charge in [0.2, 0.25) is 6.79 Å². The molecule has 1 aromatic heterocycles. The standard InChI is InChI=1S/C28H27NO6/c1-3-4-5-21-10-6-18(16-29-21)14-23-26(19-7-13-24-25(15-19)34-17-33-24)27(30)35-28(23,31)20-8-11-22(32-2)12-9-20/h6-13,15-16,31H,3-5,14,17H2,1-2H3. The van der Waals surface area contributed by atoms with Gasteiger partial charge in [0, 0.05) is 29.4 Å². The molecular weight excluding hydrogens is 446 g/mol. The summed E-state index contributed by atoms with van der Waals surface area (Å²) in [6.45, 7) is 2.27. The van der Waals surface area contributed by atoms with Crippen molar-refractivity contribution in [3.05, 3.63) is 88.8 Å². The predicted molar refractivity (Wildman–Crippen MR) is 129 cm³/mol. The Hall–Kier alpha value is -3.84. The Labute approximate surface area is 203 Å². The number of fused-ring (bicyclic) bond motifs is 1. The molecule has 0 spiro atoms. The van der Waals surface area contributed by atoms with Gasteiger partial charge in [-0.2, -0.15) is 0 Å². The zero-order chi connectivity index (χ0) is 24.4. The Morgan fingerprint density at radius 2 is 1.86 bits per heavy atom. The van der Waals surface area contributed by atoms with Gasteiger partial charge in [0.25, 0.3) is 5.79 Å². The molecule has 2 aliphatic heterocycles. The van der Waals surface area contributed by atoms with Crippen LogP contribution < -0.4 is 14.2 Å². The highest BCUT2D eigenvalue weighted by Crippen LogP contribution is 2.46. The third kappa shape index (κ3) is 4.35. The Kier molecular flexibility index (Phi) is 6.17. The van der Waals surface area contributed by atoms with Crippen LogP contribution in [0.3, 0.4) is 0 Å². The van der Waals surface area contributed by atoms with Gasteiger partial charge in [-0.1, -0.05) is 25.5 Å². The Morgan fingerprint density at radius 3 is 2.57 bits per heavy atom. The van der Waals surface area contributed by atoms with Gasteiger partial charge >= 0.3 is 5.97 Å². The third-order valence-electron chi connectivity index (χ3n) is 6.35. The van der Waals surface area contributed by atoms with Gasteiger partial charge in [0.15, 0.2) is 11.5 Å². The van der Waals surface area contributed by atoms with Crippen molar-refractivity contribution in [2.24, 2.45) is 0 Å². The summed E-state index contributed by atoms with van der Waals surface area (Å²) in [5.74, 6) is -0.751. The summed E-state index contributed by atoms with van der Waals surface area (Å²) in [5, 5.41) is 11.8. The summed E-state index contributed by atoms with van der Waals surface area (Å²) in [7, 11) is 1.57. The molecule has 0 fully saturated rings. The van der Waals surface area contributed by atoms with Gasteiger partial charge in [0.1, 0.15) is 5.75 Å². The van der Waals surface area contributed by atoms with E-state index >= 15 is 0 Å². The van der Waals surface area contributed by atoms with Crippen molar-refractivity contribution in [1.82, 2.24) is 4.98 Å². The number of ether oxygens (including phenoxy) is 4. The highest BCUT2D eigenvalue weighted by atomic mass is 16.7. The van der Waals surface area contributed by atoms with Crippen LogP contribution in [-0.4, -0.2) is 30.0 Å². The van der Waals surface area contributed by atoms with E-state index in [0.29, 0.717) is 39.5 Å². The smallest absolute Gasteiger partial charge is 0.342 e. The second kappa shape index (κ2) is 9.43. The van der Waals surface area contributed by atoms with Crippen LogP contribution in [0.2, 0.25) is 0 Å². The molecule has 180 valence electrons. The molecule has 2 aliphatic rings. The van der Waals surface area contributed by atoms with Gasteiger partial charge in [-0.15, -0.1) is 0 Å². The number of methoxy groups -OCH3 is 1. The number of hydrogen-bond acceptors (Lipinski definition) is 7. The summed E-state index contributed by atoms with van der Waals surface area (Å²) < 4.78 is 21.8. The molecule has 1 atom stereocenters. The highest BCUT2D eigenvalue weighted by Gasteiger charge is 2.48. The molecule has 3 heterocycles. The van der Waals surface area contributed by atoms with Crippen LogP contribution in [0.25, 0.3) is 5.57 Å². The monoisotopic (exact) mass is 473 g/mol. The number of unbranched alkanes of at least 4 members (excludes halogenated alkanes) is 1. The third-order valence-corrected chi connectivity index (χ3v) is 6.35. The highest BCUT2D eigenvalue weighted by molar-refractivity contribution is 6.20. The fourth-order valence-corrected chi connectivity index (χ4v) is 4.41. The second-order valence-corrected chi connectivity index (χ2v) is 8.62. The van der Waals surface area contributed by atoms with Crippen molar-refractivity contribution < 1.29 is 28.8 Å². The molecule has 1 N–H and O–H groups in total. The number of esters is 1. The lowest BCUT2D eigenvalue weighted by Crippen LogP contribution is -2.29. The Morgan fingerprint density at radius 1 is 1.06 bits per heavy atom. The molecule has 3 aromatic rings. The second-order valence-electron chi connectivity index (χ2n) is 8.62. The number of rotatable bonds is 8. The maximum atomic E-state index is 13.2. The van der Waals surface area contributed by atoms with E-state index in [1.54, 1.807) is 55.8 Å². The van der Waals surface area contributed by atoms with Crippen LogP contribution in [0.1, 0.15) is 42.1 Å². The topological polar surface area (TPSA) is 87.1 Å². The summed E-state index contributed by atoms with van der Waals surface area (Å²) in [4.78, 5) is 17.8. The number of aliphatic hydroxyl groups is 1.